The highest BCUT2D eigenvalue weighted by molar-refractivity contribution is 5.79. The summed E-state index contributed by atoms with van der Waals surface area (Å²) in [5.41, 5.74) is 10.8. The molecule has 0 spiro atoms. The Morgan fingerprint density at radius 3 is 2.24 bits per heavy atom. The van der Waals surface area contributed by atoms with E-state index in [-0.39, 0.29) is 23.0 Å². The normalized spacial score (nSPS) is 20.4. The van der Waals surface area contributed by atoms with Crippen LogP contribution in [0.25, 0.3) is 24.3 Å². The van der Waals surface area contributed by atoms with Gasteiger partial charge in [-0.15, -0.1) is 0 Å². The maximum absolute atomic E-state index is 10.6. The molecule has 0 saturated heterocycles. The topological polar surface area (TPSA) is 84.9 Å². The highest BCUT2D eigenvalue weighted by Gasteiger charge is 2.43. The molecule has 3 aromatic rings. The molecule has 1 aliphatic carbocycles. The van der Waals surface area contributed by atoms with Crippen molar-refractivity contribution < 1.29 is 19.7 Å². The summed E-state index contributed by atoms with van der Waals surface area (Å²) in [4.78, 5) is 0. The van der Waals surface area contributed by atoms with Crippen molar-refractivity contribution in [2.75, 3.05) is 12.8 Å². The number of nitrogens with two attached hydrogens (primary N) is 1. The van der Waals surface area contributed by atoms with E-state index in [0.717, 1.165) is 35.5 Å². The zero-order valence-corrected chi connectivity index (χ0v) is 21.7. The Labute approximate surface area is 218 Å². The molecule has 2 aliphatic rings. The molecule has 1 aliphatic heterocycles. The molecule has 0 radical (unpaired) electrons. The number of rotatable bonds is 5. The van der Waals surface area contributed by atoms with Crippen molar-refractivity contribution in [3.63, 3.8) is 0 Å². The molecule has 5 heteroatoms. The van der Waals surface area contributed by atoms with Gasteiger partial charge in [-0.1, -0.05) is 44.2 Å². The molecular weight excluding hydrogens is 462 g/mol. The quantitative estimate of drug-likeness (QED) is 0.257. The van der Waals surface area contributed by atoms with Gasteiger partial charge in [0.15, 0.2) is 11.5 Å². The van der Waals surface area contributed by atoms with Crippen molar-refractivity contribution in [1.29, 1.82) is 0 Å². The van der Waals surface area contributed by atoms with Crippen LogP contribution in [0.2, 0.25) is 0 Å². The maximum atomic E-state index is 10.6. The Morgan fingerprint density at radius 1 is 0.919 bits per heavy atom. The largest absolute Gasteiger partial charge is 0.507 e. The van der Waals surface area contributed by atoms with Gasteiger partial charge in [-0.2, -0.15) is 0 Å². The summed E-state index contributed by atoms with van der Waals surface area (Å²) in [6.07, 6.45) is 12.1. The molecule has 0 aromatic heterocycles. The van der Waals surface area contributed by atoms with E-state index < -0.39 is 0 Å². The highest BCUT2D eigenvalue weighted by Crippen LogP contribution is 2.50. The van der Waals surface area contributed by atoms with Gasteiger partial charge in [-0.3, -0.25) is 0 Å². The average Bonchev–Trinajstić information content (AvgIpc) is 2.86. The van der Waals surface area contributed by atoms with Crippen molar-refractivity contribution >= 4 is 30.0 Å². The average molecular weight is 498 g/mol. The minimum absolute atomic E-state index is 0.00772. The van der Waals surface area contributed by atoms with Crippen LogP contribution in [0.3, 0.4) is 0 Å². The maximum Gasteiger partial charge on any atom is 0.164 e. The third-order valence-electron chi connectivity index (χ3n) is 7.85. The first-order valence-corrected chi connectivity index (χ1v) is 12.9. The van der Waals surface area contributed by atoms with Gasteiger partial charge in [-0.05, 0) is 95.8 Å². The highest BCUT2D eigenvalue weighted by atomic mass is 16.5. The molecule has 2 atom stereocenters. The van der Waals surface area contributed by atoms with Gasteiger partial charge in [0.1, 0.15) is 17.6 Å². The van der Waals surface area contributed by atoms with E-state index in [4.69, 9.17) is 15.2 Å². The molecule has 37 heavy (non-hydrogen) atoms. The van der Waals surface area contributed by atoms with E-state index in [1.165, 1.54) is 18.4 Å². The fourth-order valence-electron chi connectivity index (χ4n) is 5.69. The molecule has 5 rings (SSSR count). The number of ether oxygens (including phenoxy) is 2. The van der Waals surface area contributed by atoms with Crippen LogP contribution < -0.4 is 15.2 Å². The summed E-state index contributed by atoms with van der Waals surface area (Å²) in [5, 5.41) is 21.2. The second-order valence-electron chi connectivity index (χ2n) is 10.9. The molecule has 4 N–H and O–H groups in total. The van der Waals surface area contributed by atoms with E-state index in [1.54, 1.807) is 25.3 Å². The van der Waals surface area contributed by atoms with Crippen LogP contribution in [0.5, 0.6) is 23.0 Å². The molecule has 0 bridgehead atoms. The molecule has 1 heterocycles. The summed E-state index contributed by atoms with van der Waals surface area (Å²) < 4.78 is 12.2. The number of phenols is 2. The standard InChI is InChI=1S/C32H35NO4/c1-32(2)14-4-5-29-26(32)19-23-15-21(18-30(36-3)31(23)37-29)6-7-22-16-27(34)25(28(35)17-22)13-10-20-8-11-24(33)12-9-20/h6-13,15-18,26,29,34-35H,4-5,14,19,33H2,1-3H3/b7-6+,13-10+/t26-,29?/m0/s1. The predicted octanol–water partition coefficient (Wildman–Crippen LogP) is 7.16. The van der Waals surface area contributed by atoms with Crippen LogP contribution in [0.4, 0.5) is 5.69 Å². The lowest BCUT2D eigenvalue weighted by Crippen LogP contribution is -2.45. The molecule has 1 saturated carbocycles. The van der Waals surface area contributed by atoms with Gasteiger partial charge >= 0.3 is 0 Å². The summed E-state index contributed by atoms with van der Waals surface area (Å²) in [6, 6.07) is 14.8. The van der Waals surface area contributed by atoms with Crippen molar-refractivity contribution in [2.45, 2.75) is 45.6 Å². The predicted molar refractivity (Wildman–Crippen MR) is 151 cm³/mol. The van der Waals surface area contributed by atoms with Crippen molar-refractivity contribution in [3.05, 3.63) is 76.3 Å². The number of fused-ring (bicyclic) bond motifs is 2. The molecule has 0 amide bonds. The lowest BCUT2D eigenvalue weighted by atomic mass is 9.64. The van der Waals surface area contributed by atoms with Crippen molar-refractivity contribution in [3.8, 4) is 23.0 Å². The van der Waals surface area contributed by atoms with Crippen LogP contribution in [-0.4, -0.2) is 23.4 Å². The van der Waals surface area contributed by atoms with E-state index in [1.807, 2.05) is 48.6 Å². The van der Waals surface area contributed by atoms with Crippen LogP contribution in [0.15, 0.2) is 48.5 Å². The number of hydrogen-bond donors (Lipinski definition) is 3. The van der Waals surface area contributed by atoms with Crippen LogP contribution >= 0.6 is 0 Å². The number of methoxy groups -OCH3 is 1. The Balaban J connectivity index is 1.39. The van der Waals surface area contributed by atoms with Gasteiger partial charge in [0.2, 0.25) is 0 Å². The number of anilines is 1. The van der Waals surface area contributed by atoms with E-state index in [9.17, 15) is 10.2 Å². The van der Waals surface area contributed by atoms with E-state index in [2.05, 4.69) is 19.9 Å². The summed E-state index contributed by atoms with van der Waals surface area (Å²) in [7, 11) is 1.68. The van der Waals surface area contributed by atoms with Gasteiger partial charge in [0.25, 0.3) is 0 Å². The molecule has 3 aromatic carbocycles. The van der Waals surface area contributed by atoms with Crippen LogP contribution in [-0.2, 0) is 6.42 Å². The first-order valence-electron chi connectivity index (χ1n) is 12.9. The second-order valence-corrected chi connectivity index (χ2v) is 10.9. The third kappa shape index (κ3) is 5.17. The molecule has 192 valence electrons. The molecule has 5 nitrogen and oxygen atoms in total. The lowest BCUT2D eigenvalue weighted by molar-refractivity contribution is -0.00708. The van der Waals surface area contributed by atoms with E-state index in [0.29, 0.717) is 22.7 Å². The summed E-state index contributed by atoms with van der Waals surface area (Å²) >= 11 is 0. The van der Waals surface area contributed by atoms with Crippen molar-refractivity contribution in [2.24, 2.45) is 11.3 Å². The molecule has 1 fully saturated rings. The lowest BCUT2D eigenvalue weighted by Gasteiger charge is -2.47. The number of phenolic OH excluding ortho intramolecular Hbond substituents is 2. The SMILES string of the molecule is COc1cc(/C=C/c2cc(O)c(/C=C/c3ccc(N)cc3)c(O)c2)cc2c1OC1CCCC(C)(C)[C@H]1C2. The summed E-state index contributed by atoms with van der Waals surface area (Å²) in [5.74, 6) is 2.11. The van der Waals surface area contributed by atoms with Gasteiger partial charge in [0.05, 0.1) is 12.7 Å². The summed E-state index contributed by atoms with van der Waals surface area (Å²) in [6.45, 7) is 4.71. The zero-order chi connectivity index (χ0) is 26.2. The Bertz CT molecular complexity index is 1330. The van der Waals surface area contributed by atoms with Gasteiger partial charge in [0, 0.05) is 11.6 Å². The number of aromatic hydroxyl groups is 2. The first kappa shape index (κ1) is 24.8. The fourth-order valence-corrected chi connectivity index (χ4v) is 5.69. The van der Waals surface area contributed by atoms with Crippen LogP contribution in [0.1, 0.15) is 60.9 Å². The smallest absolute Gasteiger partial charge is 0.164 e. The van der Waals surface area contributed by atoms with Crippen LogP contribution in [0, 0.1) is 11.3 Å². The fraction of sp³-hybridized carbons (Fsp3) is 0.312. The minimum Gasteiger partial charge on any atom is -0.507 e. The Hall–Kier alpha value is -3.86. The minimum atomic E-state index is 0.00772. The van der Waals surface area contributed by atoms with Gasteiger partial charge < -0.3 is 25.4 Å². The first-order chi connectivity index (χ1) is 17.7. The molecular formula is C32H35NO4. The molecule has 1 unspecified atom stereocenters. The number of nitrogen functional groups attached to an aromatic ring is 1. The van der Waals surface area contributed by atoms with E-state index >= 15 is 0 Å². The Kier molecular flexibility index (Phi) is 6.63. The van der Waals surface area contributed by atoms with Gasteiger partial charge in [-0.25, -0.2) is 0 Å². The number of benzene rings is 3. The monoisotopic (exact) mass is 497 g/mol. The zero-order valence-electron chi connectivity index (χ0n) is 21.7. The number of hydrogen-bond acceptors (Lipinski definition) is 5. The Morgan fingerprint density at radius 2 is 1.57 bits per heavy atom. The third-order valence-corrected chi connectivity index (χ3v) is 7.85. The second kappa shape index (κ2) is 9.89. The van der Waals surface area contributed by atoms with Crippen molar-refractivity contribution in [1.82, 2.24) is 0 Å².